The average Bonchev–Trinajstić information content (AvgIpc) is 2.32. The molecule has 0 radical (unpaired) electrons. The van der Waals surface area contributed by atoms with E-state index in [9.17, 15) is 30.8 Å². The van der Waals surface area contributed by atoms with Crippen molar-refractivity contribution >= 4 is 25.6 Å². The highest BCUT2D eigenvalue weighted by atomic mass is 35.7. The van der Waals surface area contributed by atoms with E-state index in [0.29, 0.717) is 12.1 Å². The van der Waals surface area contributed by atoms with Crippen molar-refractivity contribution in [1.82, 2.24) is 5.32 Å². The number of benzene rings is 1. The fourth-order valence-corrected chi connectivity index (χ4v) is 2.37. The first-order chi connectivity index (χ1) is 9.45. The maximum Gasteiger partial charge on any atom is 0.405 e. The first-order valence-electron chi connectivity index (χ1n) is 5.13. The predicted molar refractivity (Wildman–Crippen MR) is 64.4 cm³/mol. The molecule has 0 bridgehead atoms. The molecule has 0 fully saturated rings. The van der Waals surface area contributed by atoms with Crippen LogP contribution in [0.3, 0.4) is 0 Å². The zero-order chi connectivity index (χ0) is 16.4. The molecule has 0 aliphatic rings. The lowest BCUT2D eigenvalue weighted by Gasteiger charge is -2.11. The minimum absolute atomic E-state index is 0.538. The molecular formula is C10H8ClF4NO4S. The van der Waals surface area contributed by atoms with Crippen molar-refractivity contribution in [3.05, 3.63) is 23.5 Å². The van der Waals surface area contributed by atoms with Crippen LogP contribution in [0.5, 0.6) is 5.75 Å². The number of carbonyl (C=O) groups is 1. The van der Waals surface area contributed by atoms with E-state index in [1.807, 2.05) is 0 Å². The molecule has 1 aromatic carbocycles. The molecule has 0 aliphatic heterocycles. The Morgan fingerprint density at radius 3 is 2.38 bits per heavy atom. The molecule has 1 rings (SSSR count). The van der Waals surface area contributed by atoms with E-state index in [4.69, 9.17) is 10.7 Å². The molecule has 0 saturated carbocycles. The number of hydrogen-bond donors (Lipinski definition) is 1. The summed E-state index contributed by atoms with van der Waals surface area (Å²) in [5.41, 5.74) is -0.642. The van der Waals surface area contributed by atoms with Gasteiger partial charge >= 0.3 is 6.18 Å². The van der Waals surface area contributed by atoms with Gasteiger partial charge in [-0.3, -0.25) is 4.79 Å². The molecule has 118 valence electrons. The van der Waals surface area contributed by atoms with Crippen LogP contribution in [0.25, 0.3) is 0 Å². The third-order valence-corrected chi connectivity index (χ3v) is 3.52. The summed E-state index contributed by atoms with van der Waals surface area (Å²) in [5.74, 6) is -3.30. The van der Waals surface area contributed by atoms with Gasteiger partial charge in [-0.2, -0.15) is 13.2 Å². The lowest BCUT2D eigenvalue weighted by molar-refractivity contribution is -0.123. The molecule has 1 aromatic rings. The number of hydrogen-bond acceptors (Lipinski definition) is 4. The maximum absolute atomic E-state index is 13.6. The number of nitrogens with one attached hydrogen (secondary N) is 1. The number of methoxy groups -OCH3 is 1. The van der Waals surface area contributed by atoms with Crippen LogP contribution in [0.1, 0.15) is 10.4 Å². The summed E-state index contributed by atoms with van der Waals surface area (Å²) in [7, 11) is 1.56. The van der Waals surface area contributed by atoms with Gasteiger partial charge in [0.15, 0.2) is 11.6 Å². The average molecular weight is 350 g/mol. The molecule has 1 amide bonds. The fourth-order valence-electron chi connectivity index (χ4n) is 1.36. The molecule has 21 heavy (non-hydrogen) atoms. The quantitative estimate of drug-likeness (QED) is 0.667. The van der Waals surface area contributed by atoms with E-state index in [2.05, 4.69) is 4.74 Å². The van der Waals surface area contributed by atoms with Crippen molar-refractivity contribution in [1.29, 1.82) is 0 Å². The minimum Gasteiger partial charge on any atom is -0.492 e. The summed E-state index contributed by atoms with van der Waals surface area (Å²) in [4.78, 5) is 10.6. The molecule has 0 saturated heterocycles. The van der Waals surface area contributed by atoms with E-state index < -0.39 is 49.7 Å². The van der Waals surface area contributed by atoms with Gasteiger partial charge in [0, 0.05) is 16.2 Å². The summed E-state index contributed by atoms with van der Waals surface area (Å²) in [6.07, 6.45) is -4.66. The molecule has 0 aromatic heterocycles. The van der Waals surface area contributed by atoms with Gasteiger partial charge < -0.3 is 10.1 Å². The smallest absolute Gasteiger partial charge is 0.405 e. The summed E-state index contributed by atoms with van der Waals surface area (Å²) in [6.45, 7) is -1.65. The minimum atomic E-state index is -4.66. The zero-order valence-electron chi connectivity index (χ0n) is 10.3. The second-order valence-electron chi connectivity index (χ2n) is 3.73. The first-order valence-corrected chi connectivity index (χ1v) is 7.44. The van der Waals surface area contributed by atoms with Gasteiger partial charge in [0.25, 0.3) is 15.0 Å². The Kier molecular flexibility index (Phi) is 5.05. The van der Waals surface area contributed by atoms with E-state index in [1.165, 1.54) is 5.32 Å². The molecule has 0 heterocycles. The van der Waals surface area contributed by atoms with Gasteiger partial charge in [0.05, 0.1) is 7.11 Å². The van der Waals surface area contributed by atoms with Crippen LogP contribution in [0.15, 0.2) is 17.0 Å². The second-order valence-corrected chi connectivity index (χ2v) is 6.26. The molecule has 0 aliphatic carbocycles. The highest BCUT2D eigenvalue weighted by molar-refractivity contribution is 8.13. The third kappa shape index (κ3) is 4.74. The monoisotopic (exact) mass is 349 g/mol. The molecule has 0 unspecified atom stereocenters. The van der Waals surface area contributed by atoms with Crippen LogP contribution >= 0.6 is 10.7 Å². The van der Waals surface area contributed by atoms with Crippen LogP contribution < -0.4 is 10.1 Å². The van der Waals surface area contributed by atoms with Crippen LogP contribution in [0, 0.1) is 5.82 Å². The van der Waals surface area contributed by atoms with Crippen molar-refractivity contribution in [2.24, 2.45) is 0 Å². The highest BCUT2D eigenvalue weighted by Crippen LogP contribution is 2.31. The van der Waals surface area contributed by atoms with Crippen LogP contribution in [-0.4, -0.2) is 34.2 Å². The molecule has 0 atom stereocenters. The number of carbonyl (C=O) groups excluding carboxylic acids is 1. The van der Waals surface area contributed by atoms with Crippen molar-refractivity contribution in [2.45, 2.75) is 11.1 Å². The standard InChI is InChI=1S/C10H8ClF4NO4S/c1-20-8-6(12)2-5(3-7(8)21(11,18)19)9(17)16-4-10(13,14)15/h2-3H,4H2,1H3,(H,16,17). The van der Waals surface area contributed by atoms with Crippen LogP contribution in [0.4, 0.5) is 17.6 Å². The largest absolute Gasteiger partial charge is 0.492 e. The van der Waals surface area contributed by atoms with Crippen LogP contribution in [0.2, 0.25) is 0 Å². The summed E-state index contributed by atoms with van der Waals surface area (Å²) in [6, 6.07) is 1.16. The molecule has 11 heteroatoms. The number of halogens is 5. The van der Waals surface area contributed by atoms with Gasteiger partial charge in [-0.15, -0.1) is 0 Å². The Morgan fingerprint density at radius 1 is 1.38 bits per heavy atom. The second kappa shape index (κ2) is 6.06. The van der Waals surface area contributed by atoms with Gasteiger partial charge in [0.2, 0.25) is 0 Å². The SMILES string of the molecule is COc1c(F)cc(C(=O)NCC(F)(F)F)cc1S(=O)(=O)Cl. The first kappa shape index (κ1) is 17.5. The molecule has 5 nitrogen and oxygen atoms in total. The summed E-state index contributed by atoms with van der Waals surface area (Å²) < 4.78 is 76.6. The van der Waals surface area contributed by atoms with Crippen molar-refractivity contribution in [3.63, 3.8) is 0 Å². The number of rotatable bonds is 4. The summed E-state index contributed by atoms with van der Waals surface area (Å²) >= 11 is 0. The predicted octanol–water partition coefficient (Wildman–Crippen LogP) is 2.05. The van der Waals surface area contributed by atoms with E-state index in [0.717, 1.165) is 7.11 Å². The molecular weight excluding hydrogens is 342 g/mol. The lowest BCUT2D eigenvalue weighted by atomic mass is 10.2. The Morgan fingerprint density at radius 2 is 1.95 bits per heavy atom. The summed E-state index contributed by atoms with van der Waals surface area (Å²) in [5, 5.41) is 1.47. The van der Waals surface area contributed by atoms with Crippen molar-refractivity contribution in [3.8, 4) is 5.75 Å². The number of alkyl halides is 3. The van der Waals surface area contributed by atoms with Gasteiger partial charge in [-0.05, 0) is 12.1 Å². The number of ether oxygens (including phenoxy) is 1. The maximum atomic E-state index is 13.6. The van der Waals surface area contributed by atoms with Gasteiger partial charge in [-0.25, -0.2) is 12.8 Å². The van der Waals surface area contributed by atoms with Gasteiger partial charge in [-0.1, -0.05) is 0 Å². The normalized spacial score (nSPS) is 12.1. The topological polar surface area (TPSA) is 72.5 Å². The molecule has 0 spiro atoms. The van der Waals surface area contributed by atoms with Crippen molar-refractivity contribution < 1.29 is 35.5 Å². The zero-order valence-corrected chi connectivity index (χ0v) is 11.9. The third-order valence-electron chi connectivity index (χ3n) is 2.19. The van der Waals surface area contributed by atoms with E-state index >= 15 is 0 Å². The van der Waals surface area contributed by atoms with E-state index in [1.54, 1.807) is 0 Å². The lowest BCUT2D eigenvalue weighted by Crippen LogP contribution is -2.33. The Hall–Kier alpha value is -1.55. The van der Waals surface area contributed by atoms with Crippen LogP contribution in [-0.2, 0) is 9.05 Å². The van der Waals surface area contributed by atoms with E-state index in [-0.39, 0.29) is 0 Å². The Labute approximate surface area is 121 Å². The Balaban J connectivity index is 3.22. The van der Waals surface area contributed by atoms with Crippen molar-refractivity contribution in [2.75, 3.05) is 13.7 Å². The highest BCUT2D eigenvalue weighted by Gasteiger charge is 2.29. The Bertz CT molecular complexity index is 660. The fraction of sp³-hybridized carbons (Fsp3) is 0.300. The molecule has 1 N–H and O–H groups in total. The van der Waals surface area contributed by atoms with Gasteiger partial charge in [0.1, 0.15) is 11.4 Å². The number of amides is 1.